The van der Waals surface area contributed by atoms with Crippen molar-refractivity contribution < 1.29 is 14.7 Å². The summed E-state index contributed by atoms with van der Waals surface area (Å²) in [6.07, 6.45) is 2.31. The Morgan fingerprint density at radius 2 is 1.72 bits per heavy atom. The fraction of sp³-hybridized carbons (Fsp3) is 0.417. The van der Waals surface area contributed by atoms with E-state index in [-0.39, 0.29) is 30.8 Å². The number of carbonyl (C=O) groups excluding carboxylic acids is 2. The molecule has 5 nitrogen and oxygen atoms in total. The second-order valence-electron chi connectivity index (χ2n) is 8.31. The van der Waals surface area contributed by atoms with Gasteiger partial charge in [-0.25, -0.2) is 0 Å². The summed E-state index contributed by atoms with van der Waals surface area (Å²) in [6.45, 7) is 1.48. The first-order valence-corrected chi connectivity index (χ1v) is 10.4. The lowest BCUT2D eigenvalue weighted by atomic mass is 9.73. The Hall–Kier alpha value is -2.66. The molecule has 0 saturated carbocycles. The molecule has 0 aliphatic carbocycles. The van der Waals surface area contributed by atoms with Crippen LogP contribution >= 0.6 is 0 Å². The number of nitrogens with zero attached hydrogens (tertiary/aromatic N) is 2. The van der Waals surface area contributed by atoms with Crippen LogP contribution in [0.4, 0.5) is 5.69 Å². The molecule has 2 heterocycles. The Morgan fingerprint density at radius 1 is 1.07 bits per heavy atom. The van der Waals surface area contributed by atoms with E-state index in [9.17, 15) is 14.7 Å². The average Bonchev–Trinajstić information content (AvgIpc) is 2.97. The highest BCUT2D eigenvalue weighted by Crippen LogP contribution is 2.46. The molecule has 5 heteroatoms. The van der Waals surface area contributed by atoms with Crippen molar-refractivity contribution in [1.82, 2.24) is 4.90 Å². The van der Waals surface area contributed by atoms with Crippen LogP contribution in [0.5, 0.6) is 0 Å². The number of carbonyl (C=O) groups is 2. The van der Waals surface area contributed by atoms with Gasteiger partial charge in [-0.1, -0.05) is 48.5 Å². The van der Waals surface area contributed by atoms with Gasteiger partial charge in [0.05, 0.1) is 5.41 Å². The van der Waals surface area contributed by atoms with Crippen LogP contribution in [0.15, 0.2) is 54.6 Å². The first-order chi connectivity index (χ1) is 14.0. The number of hydrogen-bond donors (Lipinski definition) is 1. The van der Waals surface area contributed by atoms with Crippen molar-refractivity contribution in [3.8, 4) is 0 Å². The molecule has 152 valence electrons. The fourth-order valence-electron chi connectivity index (χ4n) is 4.80. The first kappa shape index (κ1) is 19.6. The van der Waals surface area contributed by atoms with Crippen molar-refractivity contribution in [2.24, 2.45) is 5.92 Å². The minimum absolute atomic E-state index is 0.0128. The molecule has 0 radical (unpaired) electrons. The Morgan fingerprint density at radius 3 is 2.41 bits per heavy atom. The number of fused-ring (bicyclic) bond motifs is 1. The molecule has 0 aromatic heterocycles. The number of likely N-dealkylation sites (N-methyl/N-ethyl adjacent to an activating group) is 1. The number of amides is 2. The summed E-state index contributed by atoms with van der Waals surface area (Å²) in [4.78, 5) is 30.4. The van der Waals surface area contributed by atoms with Crippen molar-refractivity contribution in [2.75, 3.05) is 31.6 Å². The topological polar surface area (TPSA) is 60.9 Å². The number of aliphatic hydroxyl groups is 1. The highest BCUT2D eigenvalue weighted by Gasteiger charge is 2.51. The van der Waals surface area contributed by atoms with Crippen molar-refractivity contribution in [1.29, 1.82) is 0 Å². The average molecular weight is 392 g/mol. The summed E-state index contributed by atoms with van der Waals surface area (Å²) in [5.74, 6) is 0.286. The maximum Gasteiger partial charge on any atom is 0.238 e. The molecular formula is C24H28N2O3. The van der Waals surface area contributed by atoms with Crippen molar-refractivity contribution in [2.45, 2.75) is 31.1 Å². The van der Waals surface area contributed by atoms with Crippen molar-refractivity contribution in [3.63, 3.8) is 0 Å². The number of para-hydroxylation sites is 1. The van der Waals surface area contributed by atoms with E-state index in [0.717, 1.165) is 29.7 Å². The largest absolute Gasteiger partial charge is 0.396 e. The van der Waals surface area contributed by atoms with Crippen LogP contribution in [0.25, 0.3) is 0 Å². The number of rotatable bonds is 5. The number of benzene rings is 2. The highest BCUT2D eigenvalue weighted by molar-refractivity contribution is 6.09. The normalized spacial score (nSPS) is 22.1. The maximum atomic E-state index is 13.5. The summed E-state index contributed by atoms with van der Waals surface area (Å²) in [5.41, 5.74) is 2.00. The summed E-state index contributed by atoms with van der Waals surface area (Å²) in [6, 6.07) is 17.8. The van der Waals surface area contributed by atoms with Crippen LogP contribution in [0.1, 0.15) is 30.4 Å². The quantitative estimate of drug-likeness (QED) is 0.851. The van der Waals surface area contributed by atoms with Gasteiger partial charge in [0, 0.05) is 38.9 Å². The zero-order valence-electron chi connectivity index (χ0n) is 16.9. The highest BCUT2D eigenvalue weighted by atomic mass is 16.3. The lowest BCUT2D eigenvalue weighted by Crippen LogP contribution is -2.47. The van der Waals surface area contributed by atoms with E-state index in [2.05, 4.69) is 0 Å². The Kier molecular flexibility index (Phi) is 5.41. The van der Waals surface area contributed by atoms with Crippen LogP contribution < -0.4 is 4.90 Å². The van der Waals surface area contributed by atoms with Gasteiger partial charge in [-0.3, -0.25) is 9.59 Å². The lowest BCUT2D eigenvalue weighted by Gasteiger charge is -2.35. The predicted molar refractivity (Wildman–Crippen MR) is 113 cm³/mol. The minimum Gasteiger partial charge on any atom is -0.396 e. The molecule has 2 aliphatic rings. The number of hydrogen-bond acceptors (Lipinski definition) is 3. The predicted octanol–water partition coefficient (Wildman–Crippen LogP) is 2.76. The molecule has 2 aromatic carbocycles. The zero-order valence-corrected chi connectivity index (χ0v) is 16.9. The molecule has 0 bridgehead atoms. The summed E-state index contributed by atoms with van der Waals surface area (Å²) in [7, 11) is 1.80. The number of anilines is 1. The second-order valence-corrected chi connectivity index (χ2v) is 8.31. The van der Waals surface area contributed by atoms with E-state index in [1.807, 2.05) is 59.5 Å². The standard InChI is InChI=1S/C24H28N2O3/c1-25-21-10-6-5-9-20(21)24(23(25)29,15-18-7-3-2-4-8-18)16-22(28)26-13-11-19(17-27)12-14-26/h2-10,19,27H,11-17H2,1H3/t24-/m0/s1. The molecule has 2 amide bonds. The molecular weight excluding hydrogens is 364 g/mol. The minimum atomic E-state index is -0.877. The summed E-state index contributed by atoms with van der Waals surface area (Å²) < 4.78 is 0. The van der Waals surface area contributed by atoms with Gasteiger partial charge in [0.25, 0.3) is 0 Å². The van der Waals surface area contributed by atoms with Gasteiger partial charge in [0.2, 0.25) is 11.8 Å². The van der Waals surface area contributed by atoms with E-state index in [1.54, 1.807) is 11.9 Å². The van der Waals surface area contributed by atoms with Crippen molar-refractivity contribution >= 4 is 17.5 Å². The maximum absolute atomic E-state index is 13.5. The van der Waals surface area contributed by atoms with Crippen LogP contribution in [0.2, 0.25) is 0 Å². The Bertz CT molecular complexity index is 890. The van der Waals surface area contributed by atoms with Crippen LogP contribution in [0, 0.1) is 5.92 Å². The Balaban J connectivity index is 1.67. The van der Waals surface area contributed by atoms with E-state index in [4.69, 9.17) is 0 Å². The smallest absolute Gasteiger partial charge is 0.238 e. The van der Waals surface area contributed by atoms with Gasteiger partial charge in [-0.15, -0.1) is 0 Å². The second kappa shape index (κ2) is 7.99. The lowest BCUT2D eigenvalue weighted by molar-refractivity contribution is -0.137. The molecule has 1 fully saturated rings. The molecule has 0 spiro atoms. The third-order valence-corrected chi connectivity index (χ3v) is 6.52. The van der Waals surface area contributed by atoms with Gasteiger partial charge in [-0.2, -0.15) is 0 Å². The van der Waals surface area contributed by atoms with Crippen LogP contribution in [-0.4, -0.2) is 48.6 Å². The molecule has 2 aliphatic heterocycles. The molecule has 1 saturated heterocycles. The van der Waals surface area contributed by atoms with E-state index in [1.165, 1.54) is 0 Å². The third-order valence-electron chi connectivity index (χ3n) is 6.52. The summed E-state index contributed by atoms with van der Waals surface area (Å²) in [5, 5.41) is 9.37. The number of aliphatic hydroxyl groups excluding tert-OH is 1. The molecule has 2 aromatic rings. The van der Waals surface area contributed by atoms with Crippen molar-refractivity contribution in [3.05, 3.63) is 65.7 Å². The fourth-order valence-corrected chi connectivity index (χ4v) is 4.80. The van der Waals surface area contributed by atoms with Gasteiger partial charge >= 0.3 is 0 Å². The molecule has 1 N–H and O–H groups in total. The van der Waals surface area contributed by atoms with Gasteiger partial charge in [0.15, 0.2) is 0 Å². The first-order valence-electron chi connectivity index (χ1n) is 10.4. The van der Waals surface area contributed by atoms with E-state index in [0.29, 0.717) is 19.5 Å². The van der Waals surface area contributed by atoms with E-state index < -0.39 is 5.41 Å². The van der Waals surface area contributed by atoms with Gasteiger partial charge in [0.1, 0.15) is 0 Å². The number of piperidine rings is 1. The SMILES string of the molecule is CN1C(=O)[C@](CC(=O)N2CCC(CO)CC2)(Cc2ccccc2)c2ccccc21. The monoisotopic (exact) mass is 392 g/mol. The van der Waals surface area contributed by atoms with E-state index >= 15 is 0 Å². The number of likely N-dealkylation sites (tertiary alicyclic amines) is 1. The van der Waals surface area contributed by atoms with Gasteiger partial charge < -0.3 is 14.9 Å². The van der Waals surface area contributed by atoms with Crippen LogP contribution in [0.3, 0.4) is 0 Å². The molecule has 0 unspecified atom stereocenters. The Labute approximate surface area is 171 Å². The molecule has 29 heavy (non-hydrogen) atoms. The van der Waals surface area contributed by atoms with Gasteiger partial charge in [-0.05, 0) is 42.4 Å². The summed E-state index contributed by atoms with van der Waals surface area (Å²) >= 11 is 0. The third kappa shape index (κ3) is 3.55. The zero-order chi connectivity index (χ0) is 20.4. The van der Waals surface area contributed by atoms with Crippen LogP contribution in [-0.2, 0) is 21.4 Å². The molecule has 4 rings (SSSR count). The molecule has 1 atom stereocenters.